The van der Waals surface area contributed by atoms with Gasteiger partial charge in [0.15, 0.2) is 11.5 Å². The van der Waals surface area contributed by atoms with Gasteiger partial charge in [0.1, 0.15) is 5.75 Å². The molecule has 2 amide bonds. The van der Waals surface area contributed by atoms with Gasteiger partial charge in [0.05, 0.1) is 35.7 Å². The summed E-state index contributed by atoms with van der Waals surface area (Å²) in [7, 11) is 1.27. The number of methoxy groups -OCH3 is 1. The van der Waals surface area contributed by atoms with E-state index in [1.54, 1.807) is 26.0 Å². The second kappa shape index (κ2) is 10.5. The van der Waals surface area contributed by atoms with E-state index in [0.717, 1.165) is 0 Å². The second-order valence-corrected chi connectivity index (χ2v) is 7.76. The van der Waals surface area contributed by atoms with Crippen molar-refractivity contribution >= 4 is 34.8 Å². The molecular formula is C25H25N3O7. The van der Waals surface area contributed by atoms with Crippen LogP contribution in [0.5, 0.6) is 17.2 Å². The topological polar surface area (TPSA) is 160 Å². The SMILES string of the molecule is COc1c(C(=O)Nc2ccc(C(=O)O)cc2OC(C)C)ccc(NC(=O)c2ccc(N)cc2)c1O. The Morgan fingerprint density at radius 3 is 2.09 bits per heavy atom. The van der Waals surface area contributed by atoms with Gasteiger partial charge in [0, 0.05) is 11.3 Å². The molecule has 0 unspecified atom stereocenters. The zero-order valence-corrected chi connectivity index (χ0v) is 19.3. The van der Waals surface area contributed by atoms with Crippen LogP contribution in [0.1, 0.15) is 44.9 Å². The lowest BCUT2D eigenvalue weighted by molar-refractivity contribution is 0.0695. The predicted molar refractivity (Wildman–Crippen MR) is 131 cm³/mol. The van der Waals surface area contributed by atoms with Gasteiger partial charge in [-0.1, -0.05) is 0 Å². The van der Waals surface area contributed by atoms with Gasteiger partial charge in [-0.25, -0.2) is 4.79 Å². The molecular weight excluding hydrogens is 454 g/mol. The number of hydrogen-bond donors (Lipinski definition) is 5. The van der Waals surface area contributed by atoms with Crippen molar-refractivity contribution in [2.45, 2.75) is 20.0 Å². The van der Waals surface area contributed by atoms with Crippen molar-refractivity contribution in [1.29, 1.82) is 0 Å². The summed E-state index contributed by atoms with van der Waals surface area (Å²) in [5.41, 5.74) is 6.70. The maximum atomic E-state index is 13.0. The fourth-order valence-corrected chi connectivity index (χ4v) is 3.19. The molecule has 0 bridgehead atoms. The lowest BCUT2D eigenvalue weighted by Crippen LogP contribution is -2.17. The second-order valence-electron chi connectivity index (χ2n) is 7.76. The fourth-order valence-electron chi connectivity index (χ4n) is 3.19. The number of nitrogens with one attached hydrogen (secondary N) is 2. The summed E-state index contributed by atoms with van der Waals surface area (Å²) in [5, 5.41) is 25.1. The summed E-state index contributed by atoms with van der Waals surface area (Å²) < 4.78 is 10.9. The Balaban J connectivity index is 1.88. The Morgan fingerprint density at radius 1 is 0.886 bits per heavy atom. The highest BCUT2D eigenvalue weighted by Gasteiger charge is 2.22. The highest BCUT2D eigenvalue weighted by Crippen LogP contribution is 2.38. The van der Waals surface area contributed by atoms with Crippen LogP contribution in [0.25, 0.3) is 0 Å². The first-order chi connectivity index (χ1) is 16.6. The first-order valence-electron chi connectivity index (χ1n) is 10.5. The highest BCUT2D eigenvalue weighted by atomic mass is 16.5. The van der Waals surface area contributed by atoms with Crippen LogP contribution in [-0.2, 0) is 0 Å². The lowest BCUT2D eigenvalue weighted by Gasteiger charge is -2.17. The third kappa shape index (κ3) is 5.80. The van der Waals surface area contributed by atoms with Crippen molar-refractivity contribution in [3.8, 4) is 17.2 Å². The molecule has 3 rings (SSSR count). The number of hydrogen-bond acceptors (Lipinski definition) is 7. The molecule has 10 heteroatoms. The Bertz CT molecular complexity index is 1270. The molecule has 0 aliphatic rings. The molecule has 0 aromatic heterocycles. The van der Waals surface area contributed by atoms with Crippen LogP contribution < -0.4 is 25.8 Å². The number of carbonyl (C=O) groups excluding carboxylic acids is 2. The lowest BCUT2D eigenvalue weighted by atomic mass is 10.1. The standard InChI is InChI=1S/C25H25N3O7/c1-13(2)35-20-12-15(25(32)33)6-10-18(20)27-24(31)17-9-11-19(21(29)22(17)34-3)28-23(30)14-4-7-16(26)8-5-14/h4-13,29H,26H2,1-3H3,(H,27,31)(H,28,30)(H,32,33). The smallest absolute Gasteiger partial charge is 0.335 e. The number of aromatic carboxylic acids is 1. The Morgan fingerprint density at radius 2 is 1.49 bits per heavy atom. The molecule has 0 aliphatic carbocycles. The van der Waals surface area contributed by atoms with Gasteiger partial charge in [-0.15, -0.1) is 0 Å². The number of rotatable bonds is 8. The fraction of sp³-hybridized carbons (Fsp3) is 0.160. The first kappa shape index (κ1) is 24.9. The van der Waals surface area contributed by atoms with Crippen LogP contribution in [0.4, 0.5) is 17.1 Å². The summed E-state index contributed by atoms with van der Waals surface area (Å²) in [4.78, 5) is 36.8. The molecule has 3 aromatic carbocycles. The minimum atomic E-state index is -1.14. The van der Waals surface area contributed by atoms with Crippen molar-refractivity contribution in [3.05, 3.63) is 71.3 Å². The van der Waals surface area contributed by atoms with Crippen LogP contribution in [0.3, 0.4) is 0 Å². The van der Waals surface area contributed by atoms with Crippen molar-refractivity contribution < 1.29 is 34.1 Å². The number of carboxylic acid groups (broad SMARTS) is 1. The Hall–Kier alpha value is -4.73. The predicted octanol–water partition coefficient (Wildman–Crippen LogP) is 3.97. The quantitative estimate of drug-likeness (QED) is 0.240. The minimum absolute atomic E-state index is 0.00456. The van der Waals surface area contributed by atoms with Crippen LogP contribution in [0, 0.1) is 0 Å². The van der Waals surface area contributed by atoms with Crippen LogP contribution >= 0.6 is 0 Å². The molecule has 35 heavy (non-hydrogen) atoms. The zero-order chi connectivity index (χ0) is 25.7. The molecule has 182 valence electrons. The number of aromatic hydroxyl groups is 1. The van der Waals surface area contributed by atoms with Gasteiger partial charge in [-0.05, 0) is 68.4 Å². The van der Waals surface area contributed by atoms with Gasteiger partial charge in [-0.2, -0.15) is 0 Å². The van der Waals surface area contributed by atoms with Gasteiger partial charge in [0.25, 0.3) is 11.8 Å². The minimum Gasteiger partial charge on any atom is -0.503 e. The van der Waals surface area contributed by atoms with Crippen molar-refractivity contribution in [1.82, 2.24) is 0 Å². The highest BCUT2D eigenvalue weighted by molar-refractivity contribution is 6.10. The van der Waals surface area contributed by atoms with Gasteiger partial charge >= 0.3 is 5.97 Å². The van der Waals surface area contributed by atoms with Gasteiger partial charge < -0.3 is 36.1 Å². The van der Waals surface area contributed by atoms with E-state index in [1.165, 1.54) is 49.6 Å². The van der Waals surface area contributed by atoms with E-state index in [9.17, 15) is 24.6 Å². The number of phenols is 1. The van der Waals surface area contributed by atoms with Crippen molar-refractivity contribution in [2.24, 2.45) is 0 Å². The molecule has 3 aromatic rings. The number of nitrogens with two attached hydrogens (primary N) is 1. The third-order valence-electron chi connectivity index (χ3n) is 4.84. The molecule has 0 radical (unpaired) electrons. The monoisotopic (exact) mass is 479 g/mol. The molecule has 0 aliphatic heterocycles. The van der Waals surface area contributed by atoms with Gasteiger partial charge in [-0.3, -0.25) is 9.59 Å². The number of carboxylic acids is 1. The van der Waals surface area contributed by atoms with E-state index in [2.05, 4.69) is 10.6 Å². The molecule has 0 saturated carbocycles. The Kier molecular flexibility index (Phi) is 7.45. The van der Waals surface area contributed by atoms with E-state index < -0.39 is 23.5 Å². The van der Waals surface area contributed by atoms with Crippen molar-refractivity contribution in [2.75, 3.05) is 23.5 Å². The number of amides is 2. The molecule has 0 spiro atoms. The number of phenolic OH excluding ortho intramolecular Hbond substituents is 1. The van der Waals surface area contributed by atoms with Gasteiger partial charge in [0.2, 0.25) is 0 Å². The number of carbonyl (C=O) groups is 3. The molecule has 0 atom stereocenters. The van der Waals surface area contributed by atoms with E-state index >= 15 is 0 Å². The van der Waals surface area contributed by atoms with E-state index in [0.29, 0.717) is 11.3 Å². The summed E-state index contributed by atoms with van der Waals surface area (Å²) in [6, 6.07) is 13.0. The number of benzene rings is 3. The third-order valence-corrected chi connectivity index (χ3v) is 4.84. The zero-order valence-electron chi connectivity index (χ0n) is 19.3. The number of ether oxygens (including phenoxy) is 2. The van der Waals surface area contributed by atoms with Crippen LogP contribution in [0.15, 0.2) is 54.6 Å². The Labute approximate surface area is 201 Å². The van der Waals surface area contributed by atoms with Crippen LogP contribution in [0.2, 0.25) is 0 Å². The number of nitrogen functional groups attached to an aromatic ring is 1. The molecule has 0 saturated heterocycles. The maximum Gasteiger partial charge on any atom is 0.335 e. The summed E-state index contributed by atoms with van der Waals surface area (Å²) in [5.74, 6) is -2.71. The molecule has 10 nitrogen and oxygen atoms in total. The van der Waals surface area contributed by atoms with E-state index in [-0.39, 0.29) is 40.1 Å². The van der Waals surface area contributed by atoms with Crippen molar-refractivity contribution in [3.63, 3.8) is 0 Å². The summed E-state index contributed by atoms with van der Waals surface area (Å²) in [6.07, 6.45) is -0.280. The normalized spacial score (nSPS) is 10.5. The molecule has 6 N–H and O–H groups in total. The van der Waals surface area contributed by atoms with E-state index in [1.807, 2.05) is 0 Å². The first-order valence-corrected chi connectivity index (χ1v) is 10.5. The number of anilines is 3. The maximum absolute atomic E-state index is 13.0. The van der Waals surface area contributed by atoms with E-state index in [4.69, 9.17) is 15.2 Å². The average Bonchev–Trinajstić information content (AvgIpc) is 2.81. The molecule has 0 heterocycles. The summed E-state index contributed by atoms with van der Waals surface area (Å²) >= 11 is 0. The molecule has 0 fully saturated rings. The largest absolute Gasteiger partial charge is 0.503 e. The van der Waals surface area contributed by atoms with Crippen LogP contribution in [-0.4, -0.2) is 41.2 Å². The average molecular weight is 479 g/mol. The summed E-state index contributed by atoms with van der Waals surface area (Å²) in [6.45, 7) is 3.52.